The third-order valence-electron chi connectivity index (χ3n) is 4.89. The van der Waals surface area contributed by atoms with Crippen LogP contribution >= 0.6 is 0 Å². The van der Waals surface area contributed by atoms with Gasteiger partial charge in [-0.2, -0.15) is 0 Å². The fourth-order valence-electron chi connectivity index (χ4n) is 2.54. The molecule has 0 aliphatic carbocycles. The number of alkyl carbamates (subject to hydrolysis) is 1. The highest BCUT2D eigenvalue weighted by Gasteiger charge is 2.51. The van der Waals surface area contributed by atoms with Crippen molar-refractivity contribution in [1.82, 2.24) is 5.32 Å². The fraction of sp³-hybridized carbons (Fsp3) is 0.632. The van der Waals surface area contributed by atoms with E-state index in [1.165, 1.54) is 0 Å². The van der Waals surface area contributed by atoms with Crippen LogP contribution in [0.3, 0.4) is 0 Å². The summed E-state index contributed by atoms with van der Waals surface area (Å²) in [4.78, 5) is 11.6. The van der Waals surface area contributed by atoms with E-state index in [2.05, 4.69) is 18.3 Å². The molecule has 0 saturated carbocycles. The number of unbranched alkanes of at least 4 members (excludes halogenated alkanes) is 1. The minimum absolute atomic E-state index is 0.350. The lowest BCUT2D eigenvalue weighted by molar-refractivity contribution is 0.00578. The molecule has 0 bridgehead atoms. The Morgan fingerprint density at radius 1 is 1.20 bits per heavy atom. The van der Waals surface area contributed by atoms with Crippen molar-refractivity contribution in [2.45, 2.75) is 65.1 Å². The van der Waals surface area contributed by atoms with Gasteiger partial charge in [0.15, 0.2) is 0 Å². The number of hydrogen-bond donors (Lipinski definition) is 1. The van der Waals surface area contributed by atoms with Gasteiger partial charge < -0.3 is 19.4 Å². The molecule has 25 heavy (non-hydrogen) atoms. The zero-order valence-electron chi connectivity index (χ0n) is 16.1. The first kappa shape index (κ1) is 19.8. The van der Waals surface area contributed by atoms with Crippen molar-refractivity contribution in [3.05, 3.63) is 29.8 Å². The molecule has 2 rings (SSSR count). The van der Waals surface area contributed by atoms with Crippen LogP contribution in [-0.4, -0.2) is 37.6 Å². The van der Waals surface area contributed by atoms with Gasteiger partial charge >= 0.3 is 13.2 Å². The molecule has 6 heteroatoms. The zero-order chi connectivity index (χ0) is 18.5. The van der Waals surface area contributed by atoms with E-state index in [1.807, 2.05) is 45.9 Å². The molecule has 1 N–H and O–H groups in total. The number of ether oxygens (including phenoxy) is 1. The Bertz CT molecular complexity index is 573. The quantitative estimate of drug-likeness (QED) is 0.608. The standard InChI is InChI=1S/C19H30BNO4/c1-6-7-13-23-17(22)21-12-11-15-9-8-10-16(14-15)20-24-18(2,3)19(4,5)25-20/h8-10,14H,6-7,11-13H2,1-5H3,(H,21,22). The highest BCUT2D eigenvalue weighted by Crippen LogP contribution is 2.36. The van der Waals surface area contributed by atoms with E-state index in [4.69, 9.17) is 14.0 Å². The topological polar surface area (TPSA) is 56.8 Å². The van der Waals surface area contributed by atoms with Crippen LogP contribution in [0.4, 0.5) is 4.79 Å². The Morgan fingerprint density at radius 3 is 2.52 bits per heavy atom. The van der Waals surface area contributed by atoms with Crippen molar-refractivity contribution in [3.63, 3.8) is 0 Å². The normalized spacial score (nSPS) is 18.2. The van der Waals surface area contributed by atoms with Crippen molar-refractivity contribution in [2.75, 3.05) is 13.2 Å². The van der Waals surface area contributed by atoms with Crippen LogP contribution in [0.25, 0.3) is 0 Å². The third kappa shape index (κ3) is 5.22. The first-order valence-corrected chi connectivity index (χ1v) is 9.10. The van der Waals surface area contributed by atoms with Gasteiger partial charge in [-0.1, -0.05) is 37.6 Å². The van der Waals surface area contributed by atoms with E-state index >= 15 is 0 Å². The summed E-state index contributed by atoms with van der Waals surface area (Å²) < 4.78 is 17.3. The average molecular weight is 347 g/mol. The molecule has 1 aromatic carbocycles. The lowest BCUT2D eigenvalue weighted by Crippen LogP contribution is -2.41. The molecule has 1 saturated heterocycles. The summed E-state index contributed by atoms with van der Waals surface area (Å²) in [6, 6.07) is 8.12. The number of benzene rings is 1. The largest absolute Gasteiger partial charge is 0.494 e. The molecule has 1 amide bonds. The van der Waals surface area contributed by atoms with E-state index in [1.54, 1.807) is 0 Å². The van der Waals surface area contributed by atoms with Crippen LogP contribution in [0.1, 0.15) is 53.0 Å². The zero-order valence-corrected chi connectivity index (χ0v) is 16.1. The molecule has 0 unspecified atom stereocenters. The Labute approximate surface area is 151 Å². The van der Waals surface area contributed by atoms with Gasteiger partial charge in [0.2, 0.25) is 0 Å². The number of nitrogens with one attached hydrogen (secondary N) is 1. The predicted molar refractivity (Wildman–Crippen MR) is 100 cm³/mol. The molecular weight excluding hydrogens is 317 g/mol. The van der Waals surface area contributed by atoms with Crippen LogP contribution in [-0.2, 0) is 20.5 Å². The monoisotopic (exact) mass is 347 g/mol. The number of amides is 1. The molecule has 0 aromatic heterocycles. The van der Waals surface area contributed by atoms with Gasteiger partial charge in [0.05, 0.1) is 17.8 Å². The Morgan fingerprint density at radius 2 is 1.88 bits per heavy atom. The van der Waals surface area contributed by atoms with E-state index < -0.39 is 0 Å². The molecule has 0 atom stereocenters. The van der Waals surface area contributed by atoms with Crippen LogP contribution in [0, 0.1) is 0 Å². The van der Waals surface area contributed by atoms with Gasteiger partial charge in [-0.15, -0.1) is 0 Å². The molecule has 0 spiro atoms. The first-order chi connectivity index (χ1) is 11.7. The van der Waals surface area contributed by atoms with E-state index in [9.17, 15) is 4.79 Å². The Balaban J connectivity index is 1.87. The van der Waals surface area contributed by atoms with Crippen molar-refractivity contribution < 1.29 is 18.8 Å². The Kier molecular flexibility index (Phi) is 6.52. The molecule has 138 valence electrons. The SMILES string of the molecule is CCCCOC(=O)NCCc1cccc(B2OC(C)(C)C(C)(C)O2)c1. The number of hydrogen-bond acceptors (Lipinski definition) is 4. The van der Waals surface area contributed by atoms with E-state index in [0.717, 1.165) is 30.3 Å². The molecule has 1 aliphatic heterocycles. The molecule has 5 nitrogen and oxygen atoms in total. The summed E-state index contributed by atoms with van der Waals surface area (Å²) in [6.07, 6.45) is 2.29. The maximum absolute atomic E-state index is 11.6. The van der Waals surface area contributed by atoms with Gasteiger partial charge in [0.1, 0.15) is 0 Å². The second-order valence-electron chi connectivity index (χ2n) is 7.50. The van der Waals surface area contributed by atoms with Gasteiger partial charge in [-0.05, 0) is 51.6 Å². The minimum atomic E-state index is -0.364. The fourth-order valence-corrected chi connectivity index (χ4v) is 2.54. The van der Waals surface area contributed by atoms with Gasteiger partial charge in [0, 0.05) is 6.54 Å². The minimum Gasteiger partial charge on any atom is -0.450 e. The summed E-state index contributed by atoms with van der Waals surface area (Å²) in [5.74, 6) is 0. The molecule has 1 aliphatic rings. The summed E-state index contributed by atoms with van der Waals surface area (Å²) >= 11 is 0. The van der Waals surface area contributed by atoms with E-state index in [-0.39, 0.29) is 24.4 Å². The van der Waals surface area contributed by atoms with E-state index in [0.29, 0.717) is 13.2 Å². The summed E-state index contributed by atoms with van der Waals surface area (Å²) in [5.41, 5.74) is 1.43. The van der Waals surface area contributed by atoms with Crippen LogP contribution in [0.15, 0.2) is 24.3 Å². The summed E-state index contributed by atoms with van der Waals surface area (Å²) in [5, 5.41) is 2.78. The molecule has 1 fully saturated rings. The lowest BCUT2D eigenvalue weighted by atomic mass is 9.78. The molecular formula is C19H30BNO4. The van der Waals surface area contributed by atoms with Crippen LogP contribution < -0.4 is 10.8 Å². The van der Waals surface area contributed by atoms with Crippen molar-refractivity contribution in [3.8, 4) is 0 Å². The maximum Gasteiger partial charge on any atom is 0.494 e. The first-order valence-electron chi connectivity index (χ1n) is 9.10. The lowest BCUT2D eigenvalue weighted by Gasteiger charge is -2.32. The average Bonchev–Trinajstić information content (AvgIpc) is 2.76. The van der Waals surface area contributed by atoms with Gasteiger partial charge in [-0.25, -0.2) is 4.79 Å². The van der Waals surface area contributed by atoms with Crippen LogP contribution in [0.5, 0.6) is 0 Å². The highest BCUT2D eigenvalue weighted by molar-refractivity contribution is 6.62. The molecule has 0 radical (unpaired) electrons. The van der Waals surface area contributed by atoms with Crippen molar-refractivity contribution >= 4 is 18.7 Å². The smallest absolute Gasteiger partial charge is 0.450 e. The highest BCUT2D eigenvalue weighted by atomic mass is 16.7. The molecule has 1 heterocycles. The number of carbonyl (C=O) groups is 1. The third-order valence-corrected chi connectivity index (χ3v) is 4.89. The van der Waals surface area contributed by atoms with Crippen LogP contribution in [0.2, 0.25) is 0 Å². The van der Waals surface area contributed by atoms with Crippen molar-refractivity contribution in [1.29, 1.82) is 0 Å². The number of rotatable bonds is 7. The molecule has 1 aromatic rings. The van der Waals surface area contributed by atoms with Gasteiger partial charge in [0.25, 0.3) is 0 Å². The number of carbonyl (C=O) groups excluding carboxylic acids is 1. The van der Waals surface area contributed by atoms with Crippen molar-refractivity contribution in [2.24, 2.45) is 0 Å². The van der Waals surface area contributed by atoms with Gasteiger partial charge in [-0.3, -0.25) is 0 Å². The predicted octanol–water partition coefficient (Wildman–Crippen LogP) is 3.05. The summed E-state index contributed by atoms with van der Waals surface area (Å²) in [7, 11) is -0.364. The maximum atomic E-state index is 11.6. The second-order valence-corrected chi connectivity index (χ2v) is 7.50. The summed E-state index contributed by atoms with van der Waals surface area (Å²) in [6.45, 7) is 11.3. The Hall–Kier alpha value is -1.53. The second kappa shape index (κ2) is 8.24.